The van der Waals surface area contributed by atoms with Gasteiger partial charge in [-0.25, -0.2) is 4.39 Å². The molecule has 1 aromatic carbocycles. The highest BCUT2D eigenvalue weighted by Crippen LogP contribution is 2.15. The first kappa shape index (κ1) is 17.4. The van der Waals surface area contributed by atoms with E-state index in [-0.39, 0.29) is 17.8 Å². The molecule has 1 amide bonds. The van der Waals surface area contributed by atoms with Gasteiger partial charge in [-0.1, -0.05) is 6.07 Å². The number of anilines is 1. The monoisotopic (exact) mass is 347 g/mol. The molecule has 3 rings (SSSR count). The highest BCUT2D eigenvalue weighted by atomic mass is 19.1. The van der Waals surface area contributed by atoms with Crippen LogP contribution in [0.3, 0.4) is 0 Å². The number of rotatable bonds is 8. The van der Waals surface area contributed by atoms with Gasteiger partial charge in [0.1, 0.15) is 11.6 Å². The van der Waals surface area contributed by atoms with Crippen LogP contribution in [0.25, 0.3) is 0 Å². The van der Waals surface area contributed by atoms with E-state index in [4.69, 9.17) is 9.47 Å². The SMILES string of the molecule is O=C(CCCOc1cccc(F)c1)Nc1cnn(CC2CCCO2)c1. The molecule has 0 bridgehead atoms. The number of hydrogen-bond donors (Lipinski definition) is 1. The van der Waals surface area contributed by atoms with Gasteiger partial charge < -0.3 is 14.8 Å². The zero-order valence-electron chi connectivity index (χ0n) is 14.0. The van der Waals surface area contributed by atoms with Crippen molar-refractivity contribution >= 4 is 11.6 Å². The molecule has 1 atom stereocenters. The molecule has 0 radical (unpaired) electrons. The molecule has 1 saturated heterocycles. The largest absolute Gasteiger partial charge is 0.493 e. The third kappa shape index (κ3) is 5.56. The summed E-state index contributed by atoms with van der Waals surface area (Å²) in [5.41, 5.74) is 0.675. The number of nitrogens with zero attached hydrogens (tertiary/aromatic N) is 2. The zero-order valence-corrected chi connectivity index (χ0v) is 14.0. The van der Waals surface area contributed by atoms with Crippen molar-refractivity contribution < 1.29 is 18.7 Å². The molecule has 1 aromatic heterocycles. The van der Waals surface area contributed by atoms with Crippen LogP contribution in [0.5, 0.6) is 5.75 Å². The number of amides is 1. The number of halogens is 1. The maximum Gasteiger partial charge on any atom is 0.224 e. The molecule has 0 saturated carbocycles. The van der Waals surface area contributed by atoms with Gasteiger partial charge in [0.05, 0.1) is 31.1 Å². The Morgan fingerprint density at radius 3 is 3.20 bits per heavy atom. The molecule has 1 aliphatic rings. The summed E-state index contributed by atoms with van der Waals surface area (Å²) in [5.74, 6) is 0.0329. The molecular weight excluding hydrogens is 325 g/mol. The van der Waals surface area contributed by atoms with Crippen LogP contribution in [0, 0.1) is 5.82 Å². The summed E-state index contributed by atoms with van der Waals surface area (Å²) in [6.07, 6.45) is 6.67. The van der Waals surface area contributed by atoms with Crippen LogP contribution < -0.4 is 10.1 Å². The van der Waals surface area contributed by atoms with Gasteiger partial charge >= 0.3 is 0 Å². The predicted octanol–water partition coefficient (Wildman–Crippen LogP) is 3.00. The molecule has 0 spiro atoms. The zero-order chi connectivity index (χ0) is 17.5. The minimum Gasteiger partial charge on any atom is -0.493 e. The summed E-state index contributed by atoms with van der Waals surface area (Å²) in [4.78, 5) is 11.9. The topological polar surface area (TPSA) is 65.4 Å². The molecular formula is C18H22FN3O3. The molecule has 0 aliphatic carbocycles. The Morgan fingerprint density at radius 2 is 2.40 bits per heavy atom. The Kier molecular flexibility index (Phi) is 6.00. The van der Waals surface area contributed by atoms with E-state index >= 15 is 0 Å². The van der Waals surface area contributed by atoms with Crippen molar-refractivity contribution in [2.75, 3.05) is 18.5 Å². The van der Waals surface area contributed by atoms with Crippen molar-refractivity contribution in [2.24, 2.45) is 0 Å². The van der Waals surface area contributed by atoms with Crippen LogP contribution in [-0.2, 0) is 16.1 Å². The molecule has 25 heavy (non-hydrogen) atoms. The van der Waals surface area contributed by atoms with Crippen molar-refractivity contribution in [3.8, 4) is 5.75 Å². The Labute approximate surface area is 145 Å². The third-order valence-electron chi connectivity index (χ3n) is 3.94. The van der Waals surface area contributed by atoms with Crippen LogP contribution in [0.4, 0.5) is 10.1 Å². The van der Waals surface area contributed by atoms with Crippen LogP contribution in [-0.4, -0.2) is 35.0 Å². The number of ether oxygens (including phenoxy) is 2. The van der Waals surface area contributed by atoms with Crippen LogP contribution in [0.1, 0.15) is 25.7 Å². The smallest absolute Gasteiger partial charge is 0.224 e. The molecule has 7 heteroatoms. The van der Waals surface area contributed by atoms with Crippen molar-refractivity contribution in [1.82, 2.24) is 9.78 Å². The second-order valence-corrected chi connectivity index (χ2v) is 6.04. The minimum absolute atomic E-state index is 0.0977. The molecule has 2 aromatic rings. The molecule has 134 valence electrons. The van der Waals surface area contributed by atoms with Gasteiger partial charge in [0.15, 0.2) is 0 Å². The van der Waals surface area contributed by atoms with Gasteiger partial charge in [0.25, 0.3) is 0 Å². The van der Waals surface area contributed by atoms with E-state index in [1.807, 2.05) is 6.20 Å². The summed E-state index contributed by atoms with van der Waals surface area (Å²) in [6.45, 7) is 1.87. The molecule has 1 fully saturated rings. The number of benzene rings is 1. The fourth-order valence-electron chi connectivity index (χ4n) is 2.73. The maximum absolute atomic E-state index is 13.0. The average molecular weight is 347 g/mol. The highest BCUT2D eigenvalue weighted by Gasteiger charge is 2.16. The Morgan fingerprint density at radius 1 is 1.48 bits per heavy atom. The first-order valence-electron chi connectivity index (χ1n) is 8.51. The van der Waals surface area contributed by atoms with Gasteiger partial charge in [-0.2, -0.15) is 5.10 Å². The number of hydrogen-bond acceptors (Lipinski definition) is 4. The average Bonchev–Trinajstić information content (AvgIpc) is 3.24. The molecule has 1 unspecified atom stereocenters. The third-order valence-corrected chi connectivity index (χ3v) is 3.94. The number of carbonyl (C=O) groups is 1. The van der Waals surface area contributed by atoms with Crippen LogP contribution >= 0.6 is 0 Å². The Balaban J connectivity index is 1.35. The lowest BCUT2D eigenvalue weighted by Gasteiger charge is -2.08. The summed E-state index contributed by atoms with van der Waals surface area (Å²) in [7, 11) is 0. The van der Waals surface area contributed by atoms with E-state index in [9.17, 15) is 9.18 Å². The van der Waals surface area contributed by atoms with E-state index < -0.39 is 0 Å². The minimum atomic E-state index is -0.338. The van der Waals surface area contributed by atoms with Gasteiger partial charge in [0, 0.05) is 25.3 Å². The number of nitrogens with one attached hydrogen (secondary N) is 1. The van der Waals surface area contributed by atoms with E-state index in [0.717, 1.165) is 19.4 Å². The van der Waals surface area contributed by atoms with Crippen molar-refractivity contribution in [3.05, 3.63) is 42.5 Å². The molecule has 2 heterocycles. The molecule has 6 nitrogen and oxygen atoms in total. The van der Waals surface area contributed by atoms with E-state index in [0.29, 0.717) is 37.4 Å². The van der Waals surface area contributed by atoms with Crippen LogP contribution in [0.2, 0.25) is 0 Å². The number of aromatic nitrogens is 2. The summed E-state index contributed by atoms with van der Waals surface area (Å²) in [6, 6.07) is 5.96. The quantitative estimate of drug-likeness (QED) is 0.746. The summed E-state index contributed by atoms with van der Waals surface area (Å²) in [5, 5.41) is 7.06. The maximum atomic E-state index is 13.0. The second kappa shape index (κ2) is 8.62. The normalized spacial score (nSPS) is 16.8. The summed E-state index contributed by atoms with van der Waals surface area (Å²) < 4.78 is 25.8. The fourth-order valence-corrected chi connectivity index (χ4v) is 2.73. The Hall–Kier alpha value is -2.41. The van der Waals surface area contributed by atoms with Crippen LogP contribution in [0.15, 0.2) is 36.7 Å². The van der Waals surface area contributed by atoms with Gasteiger partial charge in [0.2, 0.25) is 5.91 Å². The van der Waals surface area contributed by atoms with Crippen molar-refractivity contribution in [2.45, 2.75) is 38.3 Å². The van der Waals surface area contributed by atoms with Crippen molar-refractivity contribution in [3.63, 3.8) is 0 Å². The van der Waals surface area contributed by atoms with Gasteiger partial charge in [-0.3, -0.25) is 9.48 Å². The van der Waals surface area contributed by atoms with E-state index in [1.165, 1.54) is 12.1 Å². The first-order valence-corrected chi connectivity index (χ1v) is 8.51. The molecule has 1 N–H and O–H groups in total. The lowest BCUT2D eigenvalue weighted by atomic mass is 10.2. The van der Waals surface area contributed by atoms with Gasteiger partial charge in [-0.05, 0) is 31.4 Å². The fraction of sp³-hybridized carbons (Fsp3) is 0.444. The highest BCUT2D eigenvalue weighted by molar-refractivity contribution is 5.90. The number of carbonyl (C=O) groups excluding carboxylic acids is 1. The predicted molar refractivity (Wildman–Crippen MR) is 91.0 cm³/mol. The first-order chi connectivity index (χ1) is 12.2. The lowest BCUT2D eigenvalue weighted by Crippen LogP contribution is -2.15. The lowest BCUT2D eigenvalue weighted by molar-refractivity contribution is -0.116. The second-order valence-electron chi connectivity index (χ2n) is 6.04. The van der Waals surface area contributed by atoms with E-state index in [2.05, 4.69) is 10.4 Å². The van der Waals surface area contributed by atoms with Crippen molar-refractivity contribution in [1.29, 1.82) is 0 Å². The van der Waals surface area contributed by atoms with Gasteiger partial charge in [-0.15, -0.1) is 0 Å². The molecule has 1 aliphatic heterocycles. The van der Waals surface area contributed by atoms with E-state index in [1.54, 1.807) is 23.0 Å². The standard InChI is InChI=1S/C18H22FN3O3/c19-14-4-1-5-16(10-14)24-9-3-7-18(23)21-15-11-20-22(12-15)13-17-6-2-8-25-17/h1,4-5,10-12,17H,2-3,6-9,13H2,(H,21,23). The Bertz CT molecular complexity index is 698. The summed E-state index contributed by atoms with van der Waals surface area (Å²) >= 11 is 0.